The van der Waals surface area contributed by atoms with Gasteiger partial charge >= 0.3 is 0 Å². The SMILES string of the molecule is O=COCCc1[nH]c2ccc([N+](=O)[O-])cc2c1-c1ccccc1. The molecule has 0 amide bonds. The number of nitro benzene ring substituents is 1. The summed E-state index contributed by atoms with van der Waals surface area (Å²) in [6.45, 7) is 0.661. The van der Waals surface area contributed by atoms with Crippen LogP contribution in [0.15, 0.2) is 48.5 Å². The number of nitrogens with zero attached hydrogens (tertiary/aromatic N) is 1. The summed E-state index contributed by atoms with van der Waals surface area (Å²) in [6, 6.07) is 14.4. The zero-order valence-electron chi connectivity index (χ0n) is 12.2. The Bertz CT molecular complexity index is 856. The number of carbonyl (C=O) groups excluding carboxylic acids is 1. The molecule has 0 saturated heterocycles. The maximum atomic E-state index is 11.0. The molecule has 0 aliphatic carbocycles. The fourth-order valence-electron chi connectivity index (χ4n) is 2.68. The summed E-state index contributed by atoms with van der Waals surface area (Å²) in [5.74, 6) is 0. The lowest BCUT2D eigenvalue weighted by Crippen LogP contribution is -1.98. The van der Waals surface area contributed by atoms with Crippen molar-refractivity contribution in [3.63, 3.8) is 0 Å². The third kappa shape index (κ3) is 2.91. The van der Waals surface area contributed by atoms with Gasteiger partial charge in [0.05, 0.1) is 11.5 Å². The first-order valence-corrected chi connectivity index (χ1v) is 7.10. The van der Waals surface area contributed by atoms with Crippen molar-refractivity contribution in [2.45, 2.75) is 6.42 Å². The van der Waals surface area contributed by atoms with Gasteiger partial charge in [-0.25, -0.2) is 0 Å². The monoisotopic (exact) mass is 310 g/mol. The quantitative estimate of drug-likeness (QED) is 0.327. The molecule has 0 radical (unpaired) electrons. The van der Waals surface area contributed by atoms with Crippen LogP contribution in [0.3, 0.4) is 0 Å². The minimum atomic E-state index is -0.406. The minimum absolute atomic E-state index is 0.0457. The van der Waals surface area contributed by atoms with Gasteiger partial charge in [-0.15, -0.1) is 0 Å². The lowest BCUT2D eigenvalue weighted by molar-refractivity contribution is -0.384. The van der Waals surface area contributed by atoms with Crippen molar-refractivity contribution in [2.75, 3.05) is 6.61 Å². The first-order chi connectivity index (χ1) is 11.2. The van der Waals surface area contributed by atoms with E-state index < -0.39 is 4.92 Å². The van der Waals surface area contributed by atoms with E-state index in [-0.39, 0.29) is 12.3 Å². The molecule has 0 aliphatic heterocycles. The summed E-state index contributed by atoms with van der Waals surface area (Å²) in [5, 5.41) is 11.8. The van der Waals surface area contributed by atoms with Crippen LogP contribution in [0.2, 0.25) is 0 Å². The van der Waals surface area contributed by atoms with Crippen molar-refractivity contribution in [1.29, 1.82) is 0 Å². The summed E-state index contributed by atoms with van der Waals surface area (Å²) in [5.41, 5.74) is 3.60. The lowest BCUT2D eigenvalue weighted by atomic mass is 10.0. The Kier molecular flexibility index (Phi) is 4.05. The van der Waals surface area contributed by atoms with Crippen LogP contribution in [0, 0.1) is 10.1 Å². The van der Waals surface area contributed by atoms with E-state index in [0.717, 1.165) is 27.7 Å². The van der Waals surface area contributed by atoms with Gasteiger partial charge in [0.15, 0.2) is 0 Å². The molecule has 6 heteroatoms. The zero-order valence-corrected chi connectivity index (χ0v) is 12.2. The third-order valence-electron chi connectivity index (χ3n) is 3.67. The van der Waals surface area contributed by atoms with E-state index in [4.69, 9.17) is 4.74 Å². The predicted octanol–water partition coefficient (Wildman–Crippen LogP) is 3.46. The van der Waals surface area contributed by atoms with Crippen LogP contribution < -0.4 is 0 Å². The van der Waals surface area contributed by atoms with Crippen LogP contribution in [0.25, 0.3) is 22.0 Å². The van der Waals surface area contributed by atoms with E-state index in [1.807, 2.05) is 30.3 Å². The molecule has 0 aliphatic rings. The van der Waals surface area contributed by atoms with Gasteiger partial charge in [-0.1, -0.05) is 30.3 Å². The topological polar surface area (TPSA) is 85.2 Å². The average Bonchev–Trinajstić information content (AvgIpc) is 2.93. The Balaban J connectivity index is 2.17. The fraction of sp³-hybridized carbons (Fsp3) is 0.118. The fourth-order valence-corrected chi connectivity index (χ4v) is 2.68. The Hall–Kier alpha value is -3.15. The van der Waals surface area contributed by atoms with E-state index in [1.54, 1.807) is 12.1 Å². The van der Waals surface area contributed by atoms with E-state index >= 15 is 0 Å². The van der Waals surface area contributed by atoms with Crippen molar-refractivity contribution in [2.24, 2.45) is 0 Å². The molecule has 3 aromatic rings. The minimum Gasteiger partial charge on any atom is -0.467 e. The number of non-ortho nitro benzene ring substituents is 1. The highest BCUT2D eigenvalue weighted by Gasteiger charge is 2.16. The van der Waals surface area contributed by atoms with Crippen molar-refractivity contribution < 1.29 is 14.5 Å². The summed E-state index contributed by atoms with van der Waals surface area (Å²) in [7, 11) is 0. The molecule has 1 heterocycles. The molecule has 6 nitrogen and oxygen atoms in total. The molecule has 0 spiro atoms. The highest BCUT2D eigenvalue weighted by Crippen LogP contribution is 2.34. The van der Waals surface area contributed by atoms with Crippen LogP contribution in [0.1, 0.15) is 5.69 Å². The standard InChI is InChI=1S/C17H14N2O4/c20-11-23-9-8-16-17(12-4-2-1-3-5-12)14-10-13(19(21)22)6-7-15(14)18-16/h1-7,10-11,18H,8-9H2. The number of aromatic amines is 1. The van der Waals surface area contributed by atoms with Crippen molar-refractivity contribution >= 4 is 23.1 Å². The van der Waals surface area contributed by atoms with Crippen LogP contribution in [-0.4, -0.2) is 23.0 Å². The van der Waals surface area contributed by atoms with Gasteiger partial charge in [0.25, 0.3) is 12.2 Å². The molecule has 1 N–H and O–H groups in total. The Morgan fingerprint density at radius 2 is 1.96 bits per heavy atom. The Morgan fingerprint density at radius 1 is 1.17 bits per heavy atom. The number of aromatic nitrogens is 1. The molecule has 0 bridgehead atoms. The van der Waals surface area contributed by atoms with Crippen LogP contribution in [0.5, 0.6) is 0 Å². The number of fused-ring (bicyclic) bond motifs is 1. The van der Waals surface area contributed by atoms with Gasteiger partial charge in [-0.05, 0) is 11.6 Å². The van der Waals surface area contributed by atoms with E-state index in [1.165, 1.54) is 6.07 Å². The highest BCUT2D eigenvalue weighted by molar-refractivity contribution is 5.98. The van der Waals surface area contributed by atoms with Crippen molar-refractivity contribution in [3.8, 4) is 11.1 Å². The van der Waals surface area contributed by atoms with Gasteiger partial charge in [0.2, 0.25) is 0 Å². The number of hydrogen-bond donors (Lipinski definition) is 1. The molecule has 23 heavy (non-hydrogen) atoms. The van der Waals surface area contributed by atoms with E-state index in [2.05, 4.69) is 4.98 Å². The second-order valence-corrected chi connectivity index (χ2v) is 5.05. The highest BCUT2D eigenvalue weighted by atomic mass is 16.6. The molecule has 2 aromatic carbocycles. The Morgan fingerprint density at radius 3 is 2.65 bits per heavy atom. The maximum absolute atomic E-state index is 11.0. The molecule has 3 rings (SSSR count). The van der Waals surface area contributed by atoms with E-state index in [9.17, 15) is 14.9 Å². The van der Waals surface area contributed by atoms with Gasteiger partial charge in [-0.3, -0.25) is 14.9 Å². The zero-order chi connectivity index (χ0) is 16.2. The summed E-state index contributed by atoms with van der Waals surface area (Å²) in [6.07, 6.45) is 0.505. The van der Waals surface area contributed by atoms with Crippen molar-refractivity contribution in [3.05, 3.63) is 64.3 Å². The van der Waals surface area contributed by atoms with Crippen molar-refractivity contribution in [1.82, 2.24) is 4.98 Å². The van der Waals surface area contributed by atoms with Gasteiger partial charge in [0, 0.05) is 40.7 Å². The predicted molar refractivity (Wildman–Crippen MR) is 86.1 cm³/mol. The average molecular weight is 310 g/mol. The number of H-pyrrole nitrogens is 1. The first kappa shape index (κ1) is 14.8. The van der Waals surface area contributed by atoms with Crippen LogP contribution >= 0.6 is 0 Å². The smallest absolute Gasteiger partial charge is 0.293 e. The van der Waals surface area contributed by atoms with E-state index in [0.29, 0.717) is 12.9 Å². The summed E-state index contributed by atoms with van der Waals surface area (Å²) >= 11 is 0. The molecule has 1 aromatic heterocycles. The number of benzene rings is 2. The number of nitrogens with one attached hydrogen (secondary N) is 1. The maximum Gasteiger partial charge on any atom is 0.293 e. The molecule has 0 unspecified atom stereocenters. The second-order valence-electron chi connectivity index (χ2n) is 5.05. The molecule has 116 valence electrons. The number of rotatable bonds is 6. The van der Waals surface area contributed by atoms with Gasteiger partial charge < -0.3 is 9.72 Å². The normalized spacial score (nSPS) is 10.6. The number of nitro groups is 1. The molecular formula is C17H14N2O4. The largest absolute Gasteiger partial charge is 0.467 e. The van der Waals surface area contributed by atoms with Gasteiger partial charge in [-0.2, -0.15) is 0 Å². The molecule has 0 atom stereocenters. The molecule has 0 saturated carbocycles. The van der Waals surface area contributed by atoms with Crippen LogP contribution in [-0.2, 0) is 16.0 Å². The first-order valence-electron chi connectivity index (χ1n) is 7.10. The number of ether oxygens (including phenoxy) is 1. The lowest BCUT2D eigenvalue weighted by Gasteiger charge is -2.05. The third-order valence-corrected chi connectivity index (χ3v) is 3.67. The number of hydrogen-bond acceptors (Lipinski definition) is 4. The Labute approximate surface area is 131 Å². The summed E-state index contributed by atoms with van der Waals surface area (Å²) < 4.78 is 4.78. The van der Waals surface area contributed by atoms with Gasteiger partial charge in [0.1, 0.15) is 0 Å². The second kappa shape index (κ2) is 6.31. The molecule has 0 fully saturated rings. The number of carbonyl (C=O) groups is 1. The molecular weight excluding hydrogens is 296 g/mol. The summed E-state index contributed by atoms with van der Waals surface area (Å²) in [4.78, 5) is 24.2. The van der Waals surface area contributed by atoms with Crippen LogP contribution in [0.4, 0.5) is 5.69 Å².